The smallest absolute Gasteiger partial charge is 0.0531 e. The van der Waals surface area contributed by atoms with Gasteiger partial charge in [0.05, 0.1) is 11.9 Å². The van der Waals surface area contributed by atoms with Gasteiger partial charge in [0.15, 0.2) is 0 Å². The van der Waals surface area contributed by atoms with Gasteiger partial charge >= 0.3 is 0 Å². The van der Waals surface area contributed by atoms with Crippen molar-refractivity contribution in [1.29, 1.82) is 0 Å². The number of hydrogen-bond acceptors (Lipinski definition) is 1. The van der Waals surface area contributed by atoms with Crippen molar-refractivity contribution >= 4 is 0 Å². The highest BCUT2D eigenvalue weighted by atomic mass is 15.1. The fourth-order valence-electron chi connectivity index (χ4n) is 2.57. The number of allylic oxidation sites excluding steroid dienone is 4. The normalized spacial score (nSPS) is 28.3. The third-order valence-corrected chi connectivity index (χ3v) is 3.09. The second-order valence-corrected chi connectivity index (χ2v) is 4.03. The van der Waals surface area contributed by atoms with Gasteiger partial charge in [0, 0.05) is 17.4 Å². The molecule has 3 rings (SSSR count). The van der Waals surface area contributed by atoms with Crippen molar-refractivity contribution < 1.29 is 0 Å². The molecule has 2 aliphatic rings. The Labute approximate surface area is 77.4 Å². The third kappa shape index (κ3) is 0.711. The largest absolute Gasteiger partial charge is 0.281 e. The molecule has 2 bridgehead atoms. The Bertz CT molecular complexity index is 389. The Kier molecular flexibility index (Phi) is 1.17. The maximum absolute atomic E-state index is 4.09. The maximum atomic E-state index is 4.09. The van der Waals surface area contributed by atoms with E-state index in [0.29, 0.717) is 11.8 Å². The van der Waals surface area contributed by atoms with Crippen LogP contribution in [0.15, 0.2) is 29.5 Å². The molecule has 1 aromatic rings. The molecule has 1 heterocycles. The summed E-state index contributed by atoms with van der Waals surface area (Å²) in [5, 5.41) is 7.19. The molecular formula is C11H12N2. The summed E-state index contributed by atoms with van der Waals surface area (Å²) in [7, 11) is 0. The van der Waals surface area contributed by atoms with Gasteiger partial charge in [-0.05, 0) is 19.4 Å². The van der Waals surface area contributed by atoms with Gasteiger partial charge in [0.1, 0.15) is 0 Å². The van der Waals surface area contributed by atoms with Crippen LogP contribution in [0.2, 0.25) is 0 Å². The molecule has 0 spiro atoms. The molecule has 0 aliphatic heterocycles. The molecule has 1 aromatic heterocycles. The lowest BCUT2D eigenvalue weighted by Crippen LogP contribution is -1.93. The average molecular weight is 172 g/mol. The van der Waals surface area contributed by atoms with Crippen molar-refractivity contribution in [2.75, 3.05) is 0 Å². The second-order valence-electron chi connectivity index (χ2n) is 4.03. The first-order valence-electron chi connectivity index (χ1n) is 4.68. The van der Waals surface area contributed by atoms with Crippen molar-refractivity contribution in [3.8, 4) is 0 Å². The van der Waals surface area contributed by atoms with E-state index in [1.54, 1.807) is 5.57 Å². The fraction of sp³-hybridized carbons (Fsp3) is 0.364. The number of aromatic nitrogens is 2. The molecule has 0 aromatic carbocycles. The Hall–Kier alpha value is -1.31. The van der Waals surface area contributed by atoms with Gasteiger partial charge in [-0.25, -0.2) is 0 Å². The molecule has 2 unspecified atom stereocenters. The molecule has 0 amide bonds. The summed E-state index contributed by atoms with van der Waals surface area (Å²) in [6.45, 7) is 4.39. The van der Waals surface area contributed by atoms with E-state index in [-0.39, 0.29) is 0 Å². The zero-order valence-corrected chi connectivity index (χ0v) is 7.83. The van der Waals surface area contributed by atoms with Crippen molar-refractivity contribution in [2.24, 2.45) is 0 Å². The lowest BCUT2D eigenvalue weighted by atomic mass is 9.97. The van der Waals surface area contributed by atoms with Crippen molar-refractivity contribution in [2.45, 2.75) is 25.7 Å². The first-order valence-corrected chi connectivity index (χ1v) is 4.68. The van der Waals surface area contributed by atoms with Gasteiger partial charge in [-0.15, -0.1) is 0 Å². The second kappa shape index (κ2) is 2.13. The minimum absolute atomic E-state index is 0.493. The van der Waals surface area contributed by atoms with Crippen molar-refractivity contribution in [3.63, 3.8) is 0 Å². The van der Waals surface area contributed by atoms with Crippen LogP contribution in [-0.4, -0.2) is 10.2 Å². The summed E-state index contributed by atoms with van der Waals surface area (Å²) in [5.41, 5.74) is 5.70. The highest BCUT2D eigenvalue weighted by Crippen LogP contribution is 2.52. The minimum atomic E-state index is 0.493. The van der Waals surface area contributed by atoms with Crippen LogP contribution in [0, 0.1) is 0 Å². The SMILES string of the molecule is CC(C)=C1C2C=CC1c1[nH]ncc12. The molecule has 2 heteroatoms. The molecule has 1 N–H and O–H groups in total. The molecule has 66 valence electrons. The van der Waals surface area contributed by atoms with Crippen LogP contribution in [0.1, 0.15) is 36.9 Å². The first kappa shape index (κ1) is 7.13. The van der Waals surface area contributed by atoms with E-state index in [9.17, 15) is 0 Å². The molecule has 0 saturated carbocycles. The minimum Gasteiger partial charge on any atom is -0.281 e. The number of H-pyrrole nitrogens is 1. The summed E-state index contributed by atoms with van der Waals surface area (Å²) in [6, 6.07) is 0. The molecule has 2 atom stereocenters. The number of rotatable bonds is 0. The van der Waals surface area contributed by atoms with E-state index in [1.807, 2.05) is 6.20 Å². The Balaban J connectivity index is 2.25. The summed E-state index contributed by atoms with van der Waals surface area (Å²) in [6.07, 6.45) is 6.55. The highest BCUT2D eigenvalue weighted by Gasteiger charge is 2.39. The molecule has 0 saturated heterocycles. The summed E-state index contributed by atoms with van der Waals surface area (Å²) in [5.74, 6) is 1.01. The van der Waals surface area contributed by atoms with Crippen LogP contribution in [-0.2, 0) is 0 Å². The summed E-state index contributed by atoms with van der Waals surface area (Å²) >= 11 is 0. The maximum Gasteiger partial charge on any atom is 0.0531 e. The quantitative estimate of drug-likeness (QED) is 0.598. The predicted molar refractivity (Wildman–Crippen MR) is 51.6 cm³/mol. The number of hydrogen-bond donors (Lipinski definition) is 1. The molecule has 2 nitrogen and oxygen atoms in total. The zero-order valence-electron chi connectivity index (χ0n) is 7.83. The highest BCUT2D eigenvalue weighted by molar-refractivity contribution is 5.57. The van der Waals surface area contributed by atoms with Crippen LogP contribution in [0.3, 0.4) is 0 Å². The topological polar surface area (TPSA) is 28.7 Å². The van der Waals surface area contributed by atoms with E-state index in [0.717, 1.165) is 0 Å². The molecule has 2 aliphatic carbocycles. The summed E-state index contributed by atoms with van der Waals surface area (Å²) in [4.78, 5) is 0. The monoisotopic (exact) mass is 172 g/mol. The molecule has 13 heavy (non-hydrogen) atoms. The van der Waals surface area contributed by atoms with Gasteiger partial charge in [0.2, 0.25) is 0 Å². The number of nitrogens with zero attached hydrogens (tertiary/aromatic N) is 1. The first-order chi connectivity index (χ1) is 6.29. The van der Waals surface area contributed by atoms with E-state index < -0.39 is 0 Å². The van der Waals surface area contributed by atoms with Crippen LogP contribution in [0.4, 0.5) is 0 Å². The number of aromatic amines is 1. The fourth-order valence-corrected chi connectivity index (χ4v) is 2.57. The number of nitrogens with one attached hydrogen (secondary N) is 1. The molecular weight excluding hydrogens is 160 g/mol. The van der Waals surface area contributed by atoms with Crippen molar-refractivity contribution in [3.05, 3.63) is 40.8 Å². The van der Waals surface area contributed by atoms with Gasteiger partial charge in [-0.1, -0.05) is 17.7 Å². The van der Waals surface area contributed by atoms with E-state index in [1.165, 1.54) is 16.8 Å². The lowest BCUT2D eigenvalue weighted by Gasteiger charge is -2.07. The standard InChI is InChI=1S/C11H12N2/c1-6(2)10-7-3-4-8(10)11-9(7)5-12-13-11/h3-5,7-8H,1-2H3,(H,12,13). The van der Waals surface area contributed by atoms with Gasteiger partial charge in [-0.2, -0.15) is 5.10 Å². The van der Waals surface area contributed by atoms with E-state index in [4.69, 9.17) is 0 Å². The van der Waals surface area contributed by atoms with E-state index >= 15 is 0 Å². The van der Waals surface area contributed by atoms with E-state index in [2.05, 4.69) is 36.2 Å². The predicted octanol–water partition coefficient (Wildman–Crippen LogP) is 2.50. The van der Waals surface area contributed by atoms with Crippen LogP contribution < -0.4 is 0 Å². The zero-order chi connectivity index (χ0) is 9.00. The van der Waals surface area contributed by atoms with Gasteiger partial charge < -0.3 is 0 Å². The lowest BCUT2D eigenvalue weighted by molar-refractivity contribution is 0.916. The number of fused-ring (bicyclic) bond motifs is 5. The Morgan fingerprint density at radius 2 is 2.08 bits per heavy atom. The third-order valence-electron chi connectivity index (χ3n) is 3.09. The van der Waals surface area contributed by atoms with Gasteiger partial charge in [-0.3, -0.25) is 5.10 Å². The van der Waals surface area contributed by atoms with Crippen LogP contribution >= 0.6 is 0 Å². The molecule has 0 radical (unpaired) electrons. The average Bonchev–Trinajstić information content (AvgIpc) is 2.75. The summed E-state index contributed by atoms with van der Waals surface area (Å²) < 4.78 is 0. The Morgan fingerprint density at radius 3 is 2.77 bits per heavy atom. The van der Waals surface area contributed by atoms with Crippen LogP contribution in [0.5, 0.6) is 0 Å². The van der Waals surface area contributed by atoms with Gasteiger partial charge in [0.25, 0.3) is 0 Å². The van der Waals surface area contributed by atoms with Crippen LogP contribution in [0.25, 0.3) is 0 Å². The van der Waals surface area contributed by atoms with Crippen molar-refractivity contribution in [1.82, 2.24) is 10.2 Å². The Morgan fingerprint density at radius 1 is 1.31 bits per heavy atom. The molecule has 0 fully saturated rings.